The second kappa shape index (κ2) is 6.89. The smallest absolute Gasteiger partial charge is 0.225 e. The maximum Gasteiger partial charge on any atom is 0.225 e. The van der Waals surface area contributed by atoms with Gasteiger partial charge in [-0.15, -0.1) is 0 Å². The van der Waals surface area contributed by atoms with Crippen LogP contribution in [0.4, 0.5) is 11.8 Å². The monoisotopic (exact) mass is 312 g/mol. The highest BCUT2D eigenvalue weighted by Crippen LogP contribution is 2.22. The highest BCUT2D eigenvalue weighted by molar-refractivity contribution is 5.40. The first kappa shape index (κ1) is 15.6. The summed E-state index contributed by atoms with van der Waals surface area (Å²) in [5.41, 5.74) is 2.19. The van der Waals surface area contributed by atoms with E-state index in [1.54, 1.807) is 6.33 Å². The number of piperidine rings is 1. The van der Waals surface area contributed by atoms with Gasteiger partial charge < -0.3 is 9.80 Å². The van der Waals surface area contributed by atoms with Crippen molar-refractivity contribution in [2.45, 2.75) is 39.2 Å². The Morgan fingerprint density at radius 1 is 1.13 bits per heavy atom. The van der Waals surface area contributed by atoms with Crippen molar-refractivity contribution in [3.8, 4) is 0 Å². The molecule has 1 aliphatic rings. The van der Waals surface area contributed by atoms with Crippen molar-refractivity contribution < 1.29 is 0 Å². The Morgan fingerprint density at radius 2 is 1.83 bits per heavy atom. The molecular formula is C17H24N6. The molecule has 0 aromatic carbocycles. The van der Waals surface area contributed by atoms with E-state index in [-0.39, 0.29) is 0 Å². The first-order chi connectivity index (χ1) is 11.2. The lowest BCUT2D eigenvalue weighted by Gasteiger charge is -2.37. The van der Waals surface area contributed by atoms with Crippen LogP contribution in [0.5, 0.6) is 0 Å². The lowest BCUT2D eigenvalue weighted by Crippen LogP contribution is -2.44. The molecule has 0 saturated carbocycles. The van der Waals surface area contributed by atoms with E-state index < -0.39 is 0 Å². The van der Waals surface area contributed by atoms with Crippen LogP contribution in [-0.4, -0.2) is 46.1 Å². The molecule has 0 atom stereocenters. The molecule has 0 radical (unpaired) electrons. The summed E-state index contributed by atoms with van der Waals surface area (Å²) in [7, 11) is 2.12. The van der Waals surface area contributed by atoms with E-state index in [0.717, 1.165) is 49.8 Å². The van der Waals surface area contributed by atoms with Crippen LogP contribution in [0, 0.1) is 6.92 Å². The molecule has 6 nitrogen and oxygen atoms in total. The molecule has 2 aromatic heterocycles. The number of anilines is 2. The zero-order valence-electron chi connectivity index (χ0n) is 14.1. The zero-order chi connectivity index (χ0) is 16.2. The van der Waals surface area contributed by atoms with Crippen LogP contribution >= 0.6 is 0 Å². The van der Waals surface area contributed by atoms with Gasteiger partial charge in [-0.1, -0.05) is 6.92 Å². The second-order valence-electron chi connectivity index (χ2n) is 6.09. The van der Waals surface area contributed by atoms with E-state index >= 15 is 0 Å². The summed E-state index contributed by atoms with van der Waals surface area (Å²) in [6, 6.07) is 2.54. The number of hydrogen-bond acceptors (Lipinski definition) is 6. The minimum Gasteiger partial charge on any atom is -0.356 e. The van der Waals surface area contributed by atoms with E-state index in [0.29, 0.717) is 6.04 Å². The van der Waals surface area contributed by atoms with E-state index in [1.807, 2.05) is 25.4 Å². The van der Waals surface area contributed by atoms with Gasteiger partial charge in [0.1, 0.15) is 12.1 Å². The van der Waals surface area contributed by atoms with E-state index in [2.05, 4.69) is 43.7 Å². The second-order valence-corrected chi connectivity index (χ2v) is 6.09. The third kappa shape index (κ3) is 3.57. The van der Waals surface area contributed by atoms with Crippen molar-refractivity contribution in [1.82, 2.24) is 19.9 Å². The number of aryl methyl sites for hydroxylation is 2. The molecule has 0 unspecified atom stereocenters. The van der Waals surface area contributed by atoms with Gasteiger partial charge in [0, 0.05) is 50.3 Å². The summed E-state index contributed by atoms with van der Waals surface area (Å²) in [6.45, 7) is 6.07. The molecule has 3 rings (SSSR count). The van der Waals surface area contributed by atoms with Crippen LogP contribution in [0.1, 0.15) is 31.0 Å². The van der Waals surface area contributed by atoms with Crippen molar-refractivity contribution in [1.29, 1.82) is 0 Å². The molecule has 122 valence electrons. The van der Waals surface area contributed by atoms with Gasteiger partial charge in [0.15, 0.2) is 0 Å². The van der Waals surface area contributed by atoms with Crippen molar-refractivity contribution >= 4 is 11.8 Å². The number of aromatic nitrogens is 4. The third-order valence-electron chi connectivity index (χ3n) is 4.55. The van der Waals surface area contributed by atoms with Crippen LogP contribution in [0.3, 0.4) is 0 Å². The average Bonchev–Trinajstić information content (AvgIpc) is 2.61. The van der Waals surface area contributed by atoms with Crippen LogP contribution in [0.25, 0.3) is 0 Å². The third-order valence-corrected chi connectivity index (χ3v) is 4.55. The maximum absolute atomic E-state index is 4.49. The predicted octanol–water partition coefficient (Wildman–Crippen LogP) is 2.24. The number of nitrogens with zero attached hydrogens (tertiary/aromatic N) is 6. The Kier molecular flexibility index (Phi) is 4.69. The highest BCUT2D eigenvalue weighted by Gasteiger charge is 2.24. The maximum atomic E-state index is 4.49. The first-order valence-electron chi connectivity index (χ1n) is 8.24. The van der Waals surface area contributed by atoms with Crippen LogP contribution in [-0.2, 0) is 6.42 Å². The summed E-state index contributed by atoms with van der Waals surface area (Å²) in [5.74, 6) is 1.85. The van der Waals surface area contributed by atoms with Crippen molar-refractivity contribution in [3.05, 3.63) is 36.0 Å². The normalized spacial score (nSPS) is 15.7. The van der Waals surface area contributed by atoms with Crippen molar-refractivity contribution in [2.75, 3.05) is 29.9 Å². The summed E-state index contributed by atoms with van der Waals surface area (Å²) in [4.78, 5) is 22.1. The van der Waals surface area contributed by atoms with Crippen LogP contribution in [0.2, 0.25) is 0 Å². The topological polar surface area (TPSA) is 58.0 Å². The fraction of sp³-hybridized carbons (Fsp3) is 0.529. The average molecular weight is 312 g/mol. The predicted molar refractivity (Wildman–Crippen MR) is 91.8 cm³/mol. The highest BCUT2D eigenvalue weighted by atomic mass is 15.3. The number of rotatable bonds is 4. The Labute approximate surface area is 137 Å². The molecule has 1 fully saturated rings. The van der Waals surface area contributed by atoms with Gasteiger partial charge in [-0.3, -0.25) is 0 Å². The van der Waals surface area contributed by atoms with E-state index in [9.17, 15) is 0 Å². The van der Waals surface area contributed by atoms with Crippen molar-refractivity contribution in [3.63, 3.8) is 0 Å². The molecule has 3 heterocycles. The van der Waals surface area contributed by atoms with E-state index in [1.165, 1.54) is 5.56 Å². The van der Waals surface area contributed by atoms with Gasteiger partial charge >= 0.3 is 0 Å². The molecule has 0 aliphatic carbocycles. The summed E-state index contributed by atoms with van der Waals surface area (Å²) >= 11 is 0. The number of hydrogen-bond donors (Lipinski definition) is 0. The Bertz CT molecular complexity index is 634. The van der Waals surface area contributed by atoms with Crippen LogP contribution < -0.4 is 9.80 Å². The Hall–Kier alpha value is -2.24. The minimum atomic E-state index is 0.496. The molecule has 0 N–H and O–H groups in total. The molecular weight excluding hydrogens is 288 g/mol. The molecule has 0 amide bonds. The fourth-order valence-corrected chi connectivity index (χ4v) is 2.97. The van der Waals surface area contributed by atoms with Gasteiger partial charge in [0.25, 0.3) is 0 Å². The lowest BCUT2D eigenvalue weighted by atomic mass is 10.0. The molecule has 1 saturated heterocycles. The first-order valence-corrected chi connectivity index (χ1v) is 8.24. The molecule has 23 heavy (non-hydrogen) atoms. The van der Waals surface area contributed by atoms with Gasteiger partial charge in [-0.2, -0.15) is 0 Å². The standard InChI is InChI=1S/C17H24N6/c1-4-14-10-18-17(19-11-14)23-7-5-15(6-8-23)22(3)16-9-13(2)20-12-21-16/h9-12,15H,4-8H2,1-3H3. The summed E-state index contributed by atoms with van der Waals surface area (Å²) in [5, 5.41) is 0. The largest absolute Gasteiger partial charge is 0.356 e. The Morgan fingerprint density at radius 3 is 2.43 bits per heavy atom. The molecule has 6 heteroatoms. The van der Waals surface area contributed by atoms with E-state index in [4.69, 9.17) is 0 Å². The van der Waals surface area contributed by atoms with Crippen LogP contribution in [0.15, 0.2) is 24.8 Å². The molecule has 0 spiro atoms. The van der Waals surface area contributed by atoms with Gasteiger partial charge in [-0.05, 0) is 31.7 Å². The Balaban J connectivity index is 1.61. The summed E-state index contributed by atoms with van der Waals surface area (Å²) in [6.07, 6.45) is 8.65. The zero-order valence-corrected chi connectivity index (χ0v) is 14.1. The molecule has 0 bridgehead atoms. The minimum absolute atomic E-state index is 0.496. The quantitative estimate of drug-likeness (QED) is 0.863. The molecule has 2 aromatic rings. The van der Waals surface area contributed by atoms with Crippen molar-refractivity contribution in [2.24, 2.45) is 0 Å². The summed E-state index contributed by atoms with van der Waals surface area (Å²) < 4.78 is 0. The SMILES string of the molecule is CCc1cnc(N2CCC(N(C)c3cc(C)ncn3)CC2)nc1. The molecule has 1 aliphatic heterocycles. The fourth-order valence-electron chi connectivity index (χ4n) is 2.97. The van der Waals surface area contributed by atoms with Gasteiger partial charge in [0.05, 0.1) is 0 Å². The van der Waals surface area contributed by atoms with Gasteiger partial charge in [-0.25, -0.2) is 19.9 Å². The lowest BCUT2D eigenvalue weighted by molar-refractivity contribution is 0.475. The van der Waals surface area contributed by atoms with Gasteiger partial charge in [0.2, 0.25) is 5.95 Å².